The van der Waals surface area contributed by atoms with Crippen molar-refractivity contribution in [3.05, 3.63) is 66.9 Å². The molecule has 1 saturated heterocycles. The molecule has 0 spiro atoms. The van der Waals surface area contributed by atoms with Crippen molar-refractivity contribution in [1.82, 2.24) is 40.0 Å². The van der Waals surface area contributed by atoms with Gasteiger partial charge >= 0.3 is 0 Å². The molecule has 0 unspecified atom stereocenters. The Morgan fingerprint density at radius 1 is 1.03 bits per heavy atom. The number of fused-ring (bicyclic) bond motifs is 2. The standard InChI is InChI=1S/C26H23N9/c1-34-15-17(12-30-34)21-11-19-18(5-6-29-24(19)31-21)25-32-22-14-28-13-20(16-3-2-4-16)23(22)26(33-25)35-9-7-27-8-10-35/h2-6,11-15,27H,7-10H2,1H3,(H,29,31). The zero-order valence-electron chi connectivity index (χ0n) is 19.2. The highest BCUT2D eigenvalue weighted by Crippen LogP contribution is 2.37. The number of H-pyrrole nitrogens is 1. The average Bonchev–Trinajstić information content (AvgIpc) is 3.49. The van der Waals surface area contributed by atoms with Crippen LogP contribution in [0.4, 0.5) is 5.82 Å². The number of allylic oxidation sites excluding steroid dienone is 4. The normalized spacial score (nSPS) is 15.6. The predicted octanol–water partition coefficient (Wildman–Crippen LogP) is 3.33. The molecule has 35 heavy (non-hydrogen) atoms. The second-order valence-electron chi connectivity index (χ2n) is 8.88. The van der Waals surface area contributed by atoms with Gasteiger partial charge in [-0.15, -0.1) is 0 Å². The molecule has 9 nitrogen and oxygen atoms in total. The smallest absolute Gasteiger partial charge is 0.163 e. The van der Waals surface area contributed by atoms with E-state index in [2.05, 4.69) is 48.5 Å². The highest BCUT2D eigenvalue weighted by atomic mass is 15.2. The van der Waals surface area contributed by atoms with Crippen LogP contribution in [-0.2, 0) is 7.05 Å². The van der Waals surface area contributed by atoms with Gasteiger partial charge in [0.25, 0.3) is 0 Å². The number of aromatic nitrogens is 7. The third-order valence-electron chi connectivity index (χ3n) is 6.66. The van der Waals surface area contributed by atoms with Crippen molar-refractivity contribution in [2.24, 2.45) is 7.05 Å². The molecule has 5 aromatic rings. The first-order chi connectivity index (χ1) is 17.2. The quantitative estimate of drug-likeness (QED) is 0.423. The zero-order valence-corrected chi connectivity index (χ0v) is 19.2. The number of aromatic amines is 1. The Bertz CT molecular complexity index is 1650. The van der Waals surface area contributed by atoms with Crippen LogP contribution < -0.4 is 10.2 Å². The number of hydrogen-bond donors (Lipinski definition) is 2. The van der Waals surface area contributed by atoms with E-state index in [4.69, 9.17) is 9.97 Å². The van der Waals surface area contributed by atoms with Gasteiger partial charge in [0.15, 0.2) is 5.82 Å². The fraction of sp³-hybridized carbons (Fsp3) is 0.192. The topological polar surface area (TPSA) is 100 Å². The van der Waals surface area contributed by atoms with Crippen molar-refractivity contribution in [2.75, 3.05) is 31.1 Å². The molecule has 9 heteroatoms. The second-order valence-corrected chi connectivity index (χ2v) is 8.88. The lowest BCUT2D eigenvalue weighted by Crippen LogP contribution is -2.44. The van der Waals surface area contributed by atoms with Crippen LogP contribution in [0, 0.1) is 0 Å². The maximum Gasteiger partial charge on any atom is 0.163 e. The molecule has 1 aliphatic heterocycles. The van der Waals surface area contributed by atoms with E-state index in [1.165, 1.54) is 0 Å². The van der Waals surface area contributed by atoms with Gasteiger partial charge < -0.3 is 15.2 Å². The minimum absolute atomic E-state index is 0.673. The van der Waals surface area contributed by atoms with Crippen molar-refractivity contribution in [3.8, 4) is 22.6 Å². The molecule has 1 aliphatic carbocycles. The van der Waals surface area contributed by atoms with Crippen LogP contribution in [-0.4, -0.2) is 60.9 Å². The number of anilines is 1. The number of rotatable bonds is 4. The summed E-state index contributed by atoms with van der Waals surface area (Å²) in [6.45, 7) is 3.64. The van der Waals surface area contributed by atoms with E-state index in [9.17, 15) is 0 Å². The van der Waals surface area contributed by atoms with Crippen molar-refractivity contribution < 1.29 is 0 Å². The third kappa shape index (κ3) is 3.31. The van der Waals surface area contributed by atoms with Crippen LogP contribution in [0.2, 0.25) is 0 Å². The molecule has 0 saturated carbocycles. The molecule has 5 aromatic heterocycles. The van der Waals surface area contributed by atoms with E-state index in [0.717, 1.165) is 81.9 Å². The molecular formula is C26H23N9. The summed E-state index contributed by atoms with van der Waals surface area (Å²) in [6, 6.07) is 4.09. The molecule has 0 radical (unpaired) electrons. The van der Waals surface area contributed by atoms with Gasteiger partial charge in [0.2, 0.25) is 0 Å². The highest BCUT2D eigenvalue weighted by Gasteiger charge is 2.22. The van der Waals surface area contributed by atoms with E-state index in [1.807, 2.05) is 44.0 Å². The molecule has 0 bridgehead atoms. The van der Waals surface area contributed by atoms with Crippen LogP contribution in [0.3, 0.4) is 0 Å². The molecule has 2 aliphatic rings. The SMILES string of the molecule is Cn1cc(-c2cc3c(-c4nc(N5CCNCC5)c5c(C6=CC=C6)cncc5n4)ccnc3[nH]2)cn1. The summed E-state index contributed by atoms with van der Waals surface area (Å²) in [6.07, 6.45) is 15.7. The minimum atomic E-state index is 0.673. The van der Waals surface area contributed by atoms with Gasteiger partial charge in [0.05, 0.1) is 29.0 Å². The Morgan fingerprint density at radius 2 is 1.91 bits per heavy atom. The first kappa shape index (κ1) is 20.0. The van der Waals surface area contributed by atoms with Gasteiger partial charge in [0, 0.05) is 73.9 Å². The number of aryl methyl sites for hydroxylation is 1. The molecule has 172 valence electrons. The van der Waals surface area contributed by atoms with Crippen molar-refractivity contribution in [2.45, 2.75) is 0 Å². The van der Waals surface area contributed by atoms with E-state index in [1.54, 1.807) is 10.9 Å². The van der Waals surface area contributed by atoms with Crippen LogP contribution in [0.15, 0.2) is 61.3 Å². The second kappa shape index (κ2) is 7.85. The Kier molecular flexibility index (Phi) is 4.49. The first-order valence-corrected chi connectivity index (χ1v) is 11.7. The van der Waals surface area contributed by atoms with Crippen LogP contribution in [0.25, 0.3) is 50.2 Å². The summed E-state index contributed by atoms with van der Waals surface area (Å²) in [7, 11) is 1.91. The third-order valence-corrected chi connectivity index (χ3v) is 6.66. The van der Waals surface area contributed by atoms with Crippen LogP contribution in [0.1, 0.15) is 5.56 Å². The molecule has 2 N–H and O–H groups in total. The Labute approximate surface area is 201 Å². The fourth-order valence-corrected chi connectivity index (χ4v) is 4.82. The summed E-state index contributed by atoms with van der Waals surface area (Å²) < 4.78 is 1.79. The lowest BCUT2D eigenvalue weighted by atomic mass is 9.97. The summed E-state index contributed by atoms with van der Waals surface area (Å²) in [5.74, 6) is 1.63. The summed E-state index contributed by atoms with van der Waals surface area (Å²) in [4.78, 5) is 25.1. The zero-order chi connectivity index (χ0) is 23.4. The number of nitrogens with one attached hydrogen (secondary N) is 2. The monoisotopic (exact) mass is 461 g/mol. The Balaban J connectivity index is 1.44. The summed E-state index contributed by atoms with van der Waals surface area (Å²) >= 11 is 0. The molecule has 1 fully saturated rings. The molecule has 6 heterocycles. The molecule has 7 rings (SSSR count). The van der Waals surface area contributed by atoms with E-state index in [0.29, 0.717) is 5.82 Å². The Hall–Kier alpha value is -4.37. The van der Waals surface area contributed by atoms with Crippen molar-refractivity contribution >= 4 is 33.3 Å². The maximum atomic E-state index is 5.18. The molecular weight excluding hydrogens is 438 g/mol. The van der Waals surface area contributed by atoms with Gasteiger partial charge in [-0.05, 0) is 17.7 Å². The van der Waals surface area contributed by atoms with Crippen molar-refractivity contribution in [3.63, 3.8) is 0 Å². The largest absolute Gasteiger partial charge is 0.353 e. The maximum absolute atomic E-state index is 5.18. The lowest BCUT2D eigenvalue weighted by molar-refractivity contribution is 0.586. The van der Waals surface area contributed by atoms with Crippen molar-refractivity contribution in [1.29, 1.82) is 0 Å². The van der Waals surface area contributed by atoms with E-state index in [-0.39, 0.29) is 0 Å². The van der Waals surface area contributed by atoms with Crippen LogP contribution in [0.5, 0.6) is 0 Å². The van der Waals surface area contributed by atoms with Gasteiger partial charge in [-0.1, -0.05) is 18.2 Å². The van der Waals surface area contributed by atoms with Gasteiger partial charge in [-0.2, -0.15) is 5.10 Å². The number of nitrogens with zero attached hydrogens (tertiary/aromatic N) is 7. The fourth-order valence-electron chi connectivity index (χ4n) is 4.82. The van der Waals surface area contributed by atoms with Gasteiger partial charge in [-0.3, -0.25) is 9.67 Å². The number of piperazine rings is 1. The first-order valence-electron chi connectivity index (χ1n) is 11.7. The van der Waals surface area contributed by atoms with E-state index < -0.39 is 0 Å². The van der Waals surface area contributed by atoms with Gasteiger partial charge in [-0.25, -0.2) is 15.0 Å². The minimum Gasteiger partial charge on any atom is -0.353 e. The van der Waals surface area contributed by atoms with E-state index >= 15 is 0 Å². The molecule has 0 amide bonds. The average molecular weight is 462 g/mol. The molecule has 0 aromatic carbocycles. The predicted molar refractivity (Wildman–Crippen MR) is 137 cm³/mol. The number of hydrogen-bond acceptors (Lipinski definition) is 7. The molecule has 0 atom stereocenters. The van der Waals surface area contributed by atoms with Gasteiger partial charge in [0.1, 0.15) is 11.5 Å². The highest BCUT2D eigenvalue weighted by molar-refractivity contribution is 6.03. The van der Waals surface area contributed by atoms with Crippen LogP contribution >= 0.6 is 0 Å². The number of pyridine rings is 2. The Morgan fingerprint density at radius 3 is 2.69 bits per heavy atom. The lowest BCUT2D eigenvalue weighted by Gasteiger charge is -2.30. The summed E-state index contributed by atoms with van der Waals surface area (Å²) in [5, 5.41) is 9.77. The summed E-state index contributed by atoms with van der Waals surface area (Å²) in [5.41, 5.74) is 6.78.